The highest BCUT2D eigenvalue weighted by Crippen LogP contribution is 2.42. The van der Waals surface area contributed by atoms with Gasteiger partial charge in [-0.2, -0.15) is 0 Å². The quantitative estimate of drug-likeness (QED) is 0.540. The minimum Gasteiger partial charge on any atom is -0.493 e. The van der Waals surface area contributed by atoms with Crippen molar-refractivity contribution in [2.24, 2.45) is 4.99 Å². The molecule has 0 heterocycles. The Kier molecular flexibility index (Phi) is 5.60. The zero-order chi connectivity index (χ0) is 19.4. The fraction of sp³-hybridized carbons (Fsp3) is 0.208. The summed E-state index contributed by atoms with van der Waals surface area (Å²) in [7, 11) is 5.15. The SMILES string of the molecule is CN=C(C)c1cc(OC)c(OC)c(-c2ccc(-c3ccccc3)cc2)c1C. The summed E-state index contributed by atoms with van der Waals surface area (Å²) in [6.45, 7) is 4.11. The molecule has 27 heavy (non-hydrogen) atoms. The van der Waals surface area contributed by atoms with Crippen LogP contribution in [0.1, 0.15) is 18.1 Å². The largest absolute Gasteiger partial charge is 0.493 e. The van der Waals surface area contributed by atoms with Gasteiger partial charge in [-0.3, -0.25) is 4.99 Å². The van der Waals surface area contributed by atoms with Gasteiger partial charge in [-0.05, 0) is 42.2 Å². The van der Waals surface area contributed by atoms with E-state index in [-0.39, 0.29) is 0 Å². The van der Waals surface area contributed by atoms with Crippen LogP contribution in [0, 0.1) is 6.92 Å². The molecule has 0 fully saturated rings. The molecule has 0 aliphatic rings. The maximum atomic E-state index is 5.72. The summed E-state index contributed by atoms with van der Waals surface area (Å²) in [6, 6.07) is 20.9. The number of hydrogen-bond donors (Lipinski definition) is 0. The number of nitrogens with zero attached hydrogens (tertiary/aromatic N) is 1. The first kappa shape index (κ1) is 18.7. The molecule has 0 N–H and O–H groups in total. The Balaban J connectivity index is 2.18. The monoisotopic (exact) mass is 359 g/mol. The Morgan fingerprint density at radius 2 is 1.41 bits per heavy atom. The molecule has 0 radical (unpaired) electrons. The van der Waals surface area contributed by atoms with Crippen molar-refractivity contribution in [2.75, 3.05) is 21.3 Å². The van der Waals surface area contributed by atoms with Gasteiger partial charge in [0.1, 0.15) is 0 Å². The highest BCUT2D eigenvalue weighted by molar-refractivity contribution is 6.03. The fourth-order valence-electron chi connectivity index (χ4n) is 3.39. The Morgan fingerprint density at radius 3 is 1.96 bits per heavy atom. The first-order valence-electron chi connectivity index (χ1n) is 8.95. The molecule has 0 aliphatic heterocycles. The van der Waals surface area contributed by atoms with Crippen molar-refractivity contribution in [3.63, 3.8) is 0 Å². The van der Waals surface area contributed by atoms with E-state index in [1.807, 2.05) is 19.1 Å². The van der Waals surface area contributed by atoms with Crippen molar-refractivity contribution in [2.45, 2.75) is 13.8 Å². The molecular formula is C24H25NO2. The van der Waals surface area contributed by atoms with Crippen LogP contribution in [-0.2, 0) is 0 Å². The topological polar surface area (TPSA) is 30.8 Å². The number of hydrogen-bond acceptors (Lipinski definition) is 3. The molecule has 0 amide bonds. The maximum Gasteiger partial charge on any atom is 0.168 e. The second kappa shape index (κ2) is 8.09. The minimum absolute atomic E-state index is 0.711. The van der Waals surface area contributed by atoms with E-state index in [1.165, 1.54) is 11.1 Å². The molecule has 0 saturated carbocycles. The molecule has 0 saturated heterocycles. The van der Waals surface area contributed by atoms with E-state index in [0.29, 0.717) is 5.75 Å². The van der Waals surface area contributed by atoms with Crippen molar-refractivity contribution < 1.29 is 9.47 Å². The second-order valence-corrected chi connectivity index (χ2v) is 6.41. The third-order valence-electron chi connectivity index (χ3n) is 4.94. The van der Waals surface area contributed by atoms with Gasteiger partial charge in [0.2, 0.25) is 0 Å². The average molecular weight is 359 g/mol. The van der Waals surface area contributed by atoms with Gasteiger partial charge >= 0.3 is 0 Å². The lowest BCUT2D eigenvalue weighted by Crippen LogP contribution is -2.04. The zero-order valence-corrected chi connectivity index (χ0v) is 16.5. The van der Waals surface area contributed by atoms with Gasteiger partial charge in [0.05, 0.1) is 14.2 Å². The number of methoxy groups -OCH3 is 2. The van der Waals surface area contributed by atoms with Crippen LogP contribution in [0.3, 0.4) is 0 Å². The van der Waals surface area contributed by atoms with Gasteiger partial charge in [0, 0.05) is 23.9 Å². The van der Waals surface area contributed by atoms with Crippen LogP contribution in [-0.4, -0.2) is 27.0 Å². The van der Waals surface area contributed by atoms with Crippen LogP contribution in [0.25, 0.3) is 22.3 Å². The van der Waals surface area contributed by atoms with Crippen LogP contribution in [0.15, 0.2) is 65.7 Å². The molecule has 3 rings (SSSR count). The predicted molar refractivity (Wildman–Crippen MR) is 113 cm³/mol. The van der Waals surface area contributed by atoms with E-state index in [0.717, 1.165) is 33.7 Å². The number of ether oxygens (including phenoxy) is 2. The van der Waals surface area contributed by atoms with Crippen LogP contribution < -0.4 is 9.47 Å². The molecule has 3 aromatic carbocycles. The molecule has 0 atom stereocenters. The van der Waals surface area contributed by atoms with E-state index < -0.39 is 0 Å². The molecular weight excluding hydrogens is 334 g/mol. The van der Waals surface area contributed by atoms with Crippen molar-refractivity contribution in [1.29, 1.82) is 0 Å². The predicted octanol–water partition coefficient (Wildman–Crippen LogP) is 5.79. The van der Waals surface area contributed by atoms with Gasteiger partial charge in [-0.1, -0.05) is 54.6 Å². The van der Waals surface area contributed by atoms with Crippen molar-refractivity contribution >= 4 is 5.71 Å². The summed E-state index contributed by atoms with van der Waals surface area (Å²) in [6.07, 6.45) is 0. The second-order valence-electron chi connectivity index (χ2n) is 6.41. The number of aliphatic imine (C=N–C) groups is 1. The van der Waals surface area contributed by atoms with Gasteiger partial charge in [-0.25, -0.2) is 0 Å². The molecule has 3 heteroatoms. The van der Waals surface area contributed by atoms with Crippen LogP contribution >= 0.6 is 0 Å². The van der Waals surface area contributed by atoms with Crippen molar-refractivity contribution in [1.82, 2.24) is 0 Å². The lowest BCUT2D eigenvalue weighted by molar-refractivity contribution is 0.356. The zero-order valence-electron chi connectivity index (χ0n) is 16.5. The van der Waals surface area contributed by atoms with Crippen LogP contribution in [0.5, 0.6) is 11.5 Å². The van der Waals surface area contributed by atoms with E-state index in [2.05, 4.69) is 60.4 Å². The summed E-state index contributed by atoms with van der Waals surface area (Å²) in [5.41, 5.74) is 7.68. The normalized spacial score (nSPS) is 11.4. The van der Waals surface area contributed by atoms with Gasteiger partial charge in [-0.15, -0.1) is 0 Å². The molecule has 0 spiro atoms. The van der Waals surface area contributed by atoms with Gasteiger partial charge < -0.3 is 9.47 Å². The lowest BCUT2D eigenvalue weighted by Gasteiger charge is -2.19. The third-order valence-corrected chi connectivity index (χ3v) is 4.94. The van der Waals surface area contributed by atoms with E-state index >= 15 is 0 Å². The summed E-state index contributed by atoms with van der Waals surface area (Å²) in [4.78, 5) is 4.36. The smallest absolute Gasteiger partial charge is 0.168 e. The van der Waals surface area contributed by atoms with Crippen LogP contribution in [0.4, 0.5) is 0 Å². The molecule has 0 bridgehead atoms. The number of benzene rings is 3. The molecule has 0 aromatic heterocycles. The Hall–Kier alpha value is -3.07. The van der Waals surface area contributed by atoms with Crippen molar-refractivity contribution in [3.05, 3.63) is 71.8 Å². The Morgan fingerprint density at radius 1 is 0.815 bits per heavy atom. The Bertz CT molecular complexity index is 958. The minimum atomic E-state index is 0.711. The summed E-state index contributed by atoms with van der Waals surface area (Å²) in [5, 5.41) is 0. The summed E-state index contributed by atoms with van der Waals surface area (Å²) >= 11 is 0. The standard InChI is InChI=1S/C24H25NO2/c1-16-21(17(2)25-3)15-22(26-4)24(27-5)23(16)20-13-11-19(12-14-20)18-9-7-6-8-10-18/h6-15H,1-5H3. The van der Waals surface area contributed by atoms with Gasteiger partial charge in [0.15, 0.2) is 11.5 Å². The molecule has 138 valence electrons. The maximum absolute atomic E-state index is 5.72. The molecule has 0 unspecified atom stereocenters. The van der Waals surface area contributed by atoms with E-state index in [1.54, 1.807) is 21.3 Å². The van der Waals surface area contributed by atoms with Gasteiger partial charge in [0.25, 0.3) is 0 Å². The first-order valence-corrected chi connectivity index (χ1v) is 8.95. The first-order chi connectivity index (χ1) is 13.1. The summed E-state index contributed by atoms with van der Waals surface area (Å²) < 4.78 is 11.3. The average Bonchev–Trinajstić information content (AvgIpc) is 2.73. The lowest BCUT2D eigenvalue weighted by atomic mass is 9.92. The van der Waals surface area contributed by atoms with E-state index in [4.69, 9.17) is 9.47 Å². The molecule has 0 aliphatic carbocycles. The van der Waals surface area contributed by atoms with Crippen LogP contribution in [0.2, 0.25) is 0 Å². The molecule has 3 nitrogen and oxygen atoms in total. The third kappa shape index (κ3) is 3.59. The van der Waals surface area contributed by atoms with E-state index in [9.17, 15) is 0 Å². The van der Waals surface area contributed by atoms with Crippen molar-refractivity contribution in [3.8, 4) is 33.8 Å². The number of rotatable bonds is 5. The highest BCUT2D eigenvalue weighted by atomic mass is 16.5. The summed E-state index contributed by atoms with van der Waals surface area (Å²) in [5.74, 6) is 1.46. The molecule has 3 aromatic rings. The fourth-order valence-corrected chi connectivity index (χ4v) is 3.39. The Labute approximate surface area is 161 Å². The highest BCUT2D eigenvalue weighted by Gasteiger charge is 2.19.